The van der Waals surface area contributed by atoms with Gasteiger partial charge >= 0.3 is 5.97 Å². The molecule has 0 aromatic heterocycles. The minimum atomic E-state index is -0.910. The number of hydrogen-bond acceptors (Lipinski definition) is 3. The lowest BCUT2D eigenvalue weighted by molar-refractivity contribution is 0.0697. The van der Waals surface area contributed by atoms with E-state index in [2.05, 4.69) is 10.2 Å². The van der Waals surface area contributed by atoms with Crippen LogP contribution in [0.2, 0.25) is 0 Å². The summed E-state index contributed by atoms with van der Waals surface area (Å²) in [7, 11) is 2.02. The van der Waals surface area contributed by atoms with Crippen LogP contribution < -0.4 is 5.32 Å². The van der Waals surface area contributed by atoms with Gasteiger partial charge in [0.1, 0.15) is 5.82 Å². The van der Waals surface area contributed by atoms with Gasteiger partial charge < -0.3 is 15.3 Å². The standard InChI is InChI=1S/C18H21FN2O2/c1-21(13-15-4-8-17(19)9-5-15)11-10-20-12-14-2-6-16(7-3-14)18(22)23/h2-9,20H,10-13H2,1H3,(H,22,23). The zero-order valence-corrected chi connectivity index (χ0v) is 13.1. The molecule has 0 atom stereocenters. The SMILES string of the molecule is CN(CCNCc1ccc(C(=O)O)cc1)Cc1ccc(F)cc1. The summed E-state index contributed by atoms with van der Waals surface area (Å²) in [5.41, 5.74) is 2.43. The normalized spacial score (nSPS) is 10.9. The smallest absolute Gasteiger partial charge is 0.335 e. The molecule has 0 bridgehead atoms. The Bertz CT molecular complexity index is 626. The zero-order chi connectivity index (χ0) is 16.7. The van der Waals surface area contributed by atoms with Crippen LogP contribution in [0, 0.1) is 5.82 Å². The Labute approximate surface area is 135 Å². The summed E-state index contributed by atoms with van der Waals surface area (Å²) in [5.74, 6) is -1.13. The van der Waals surface area contributed by atoms with E-state index in [1.165, 1.54) is 12.1 Å². The Morgan fingerprint density at radius 3 is 2.30 bits per heavy atom. The van der Waals surface area contributed by atoms with Crippen molar-refractivity contribution in [2.45, 2.75) is 13.1 Å². The predicted octanol–water partition coefficient (Wildman–Crippen LogP) is 2.75. The summed E-state index contributed by atoms with van der Waals surface area (Å²) in [6, 6.07) is 13.4. The predicted molar refractivity (Wildman–Crippen MR) is 87.8 cm³/mol. The largest absolute Gasteiger partial charge is 0.478 e. The molecule has 23 heavy (non-hydrogen) atoms. The highest BCUT2D eigenvalue weighted by Gasteiger charge is 2.03. The molecule has 2 N–H and O–H groups in total. The summed E-state index contributed by atoms with van der Waals surface area (Å²) >= 11 is 0. The number of nitrogens with zero attached hydrogens (tertiary/aromatic N) is 1. The number of halogens is 1. The fraction of sp³-hybridized carbons (Fsp3) is 0.278. The maximum absolute atomic E-state index is 12.8. The molecule has 5 heteroatoms. The molecule has 0 saturated heterocycles. The maximum atomic E-state index is 12.8. The van der Waals surface area contributed by atoms with E-state index in [-0.39, 0.29) is 5.82 Å². The first-order chi connectivity index (χ1) is 11.0. The minimum absolute atomic E-state index is 0.216. The molecule has 0 aliphatic carbocycles. The van der Waals surface area contributed by atoms with Crippen molar-refractivity contribution in [3.63, 3.8) is 0 Å². The van der Waals surface area contributed by atoms with E-state index in [0.29, 0.717) is 12.1 Å². The Hall–Kier alpha value is -2.24. The summed E-state index contributed by atoms with van der Waals surface area (Å²) in [6.07, 6.45) is 0. The molecule has 0 amide bonds. The van der Waals surface area contributed by atoms with Crippen LogP contribution in [-0.2, 0) is 13.1 Å². The molecule has 2 rings (SSSR count). The Balaban J connectivity index is 1.68. The van der Waals surface area contributed by atoms with Crippen LogP contribution >= 0.6 is 0 Å². The maximum Gasteiger partial charge on any atom is 0.335 e. The molecule has 0 fully saturated rings. The molecule has 2 aromatic carbocycles. The van der Waals surface area contributed by atoms with Gasteiger partial charge in [0.05, 0.1) is 5.56 Å². The number of likely N-dealkylation sites (N-methyl/N-ethyl adjacent to an activating group) is 1. The van der Waals surface area contributed by atoms with Gasteiger partial charge in [-0.05, 0) is 42.4 Å². The second-order valence-corrected chi connectivity index (χ2v) is 5.54. The highest BCUT2D eigenvalue weighted by Crippen LogP contribution is 2.06. The van der Waals surface area contributed by atoms with Gasteiger partial charge in [0.15, 0.2) is 0 Å². The number of benzene rings is 2. The third-order valence-corrected chi connectivity index (χ3v) is 3.57. The Morgan fingerprint density at radius 1 is 1.09 bits per heavy atom. The van der Waals surface area contributed by atoms with Gasteiger partial charge in [-0.3, -0.25) is 0 Å². The molecule has 0 saturated carbocycles. The highest BCUT2D eigenvalue weighted by atomic mass is 19.1. The molecule has 0 radical (unpaired) electrons. The topological polar surface area (TPSA) is 52.6 Å². The lowest BCUT2D eigenvalue weighted by Crippen LogP contribution is -2.28. The molecule has 0 aliphatic rings. The average molecular weight is 316 g/mol. The molecule has 0 aliphatic heterocycles. The van der Waals surface area contributed by atoms with E-state index in [0.717, 1.165) is 30.8 Å². The van der Waals surface area contributed by atoms with Gasteiger partial charge in [0.25, 0.3) is 0 Å². The minimum Gasteiger partial charge on any atom is -0.478 e. The van der Waals surface area contributed by atoms with Crippen molar-refractivity contribution in [2.24, 2.45) is 0 Å². The van der Waals surface area contributed by atoms with Crippen molar-refractivity contribution in [1.29, 1.82) is 0 Å². The lowest BCUT2D eigenvalue weighted by Gasteiger charge is -2.17. The summed E-state index contributed by atoms with van der Waals surface area (Å²) in [6.45, 7) is 3.16. The van der Waals surface area contributed by atoms with E-state index in [9.17, 15) is 9.18 Å². The molecule has 0 heterocycles. The second-order valence-electron chi connectivity index (χ2n) is 5.54. The van der Waals surface area contributed by atoms with Gasteiger partial charge in [-0.1, -0.05) is 24.3 Å². The first kappa shape index (κ1) is 17.1. The number of aromatic carboxylic acids is 1. The summed E-state index contributed by atoms with van der Waals surface area (Å²) in [5, 5.41) is 12.2. The van der Waals surface area contributed by atoms with Crippen molar-refractivity contribution in [2.75, 3.05) is 20.1 Å². The Kier molecular flexibility index (Phi) is 6.26. The third-order valence-electron chi connectivity index (χ3n) is 3.57. The molecule has 0 unspecified atom stereocenters. The fourth-order valence-corrected chi connectivity index (χ4v) is 2.25. The number of nitrogens with one attached hydrogen (secondary N) is 1. The van der Waals surface area contributed by atoms with E-state index < -0.39 is 5.97 Å². The number of rotatable bonds is 8. The summed E-state index contributed by atoms with van der Waals surface area (Å²) in [4.78, 5) is 12.9. The zero-order valence-electron chi connectivity index (χ0n) is 13.1. The van der Waals surface area contributed by atoms with Crippen molar-refractivity contribution in [3.05, 3.63) is 71.0 Å². The van der Waals surface area contributed by atoms with Gasteiger partial charge in [0.2, 0.25) is 0 Å². The van der Waals surface area contributed by atoms with Crippen molar-refractivity contribution < 1.29 is 14.3 Å². The quantitative estimate of drug-likeness (QED) is 0.735. The van der Waals surface area contributed by atoms with Crippen LogP contribution in [0.1, 0.15) is 21.5 Å². The van der Waals surface area contributed by atoms with Gasteiger partial charge in [-0.25, -0.2) is 9.18 Å². The van der Waals surface area contributed by atoms with Crippen LogP contribution in [0.4, 0.5) is 4.39 Å². The number of carboxylic acids is 1. The Morgan fingerprint density at radius 2 is 1.70 bits per heavy atom. The van der Waals surface area contributed by atoms with Crippen LogP contribution in [0.5, 0.6) is 0 Å². The van der Waals surface area contributed by atoms with E-state index in [1.54, 1.807) is 24.3 Å². The average Bonchev–Trinajstić information content (AvgIpc) is 2.54. The van der Waals surface area contributed by atoms with Crippen LogP contribution in [0.15, 0.2) is 48.5 Å². The van der Waals surface area contributed by atoms with E-state index >= 15 is 0 Å². The first-order valence-electron chi connectivity index (χ1n) is 7.50. The molecular formula is C18H21FN2O2. The van der Waals surface area contributed by atoms with Crippen LogP contribution in [0.3, 0.4) is 0 Å². The lowest BCUT2D eigenvalue weighted by atomic mass is 10.1. The molecule has 4 nitrogen and oxygen atoms in total. The third kappa shape index (κ3) is 5.81. The monoisotopic (exact) mass is 316 g/mol. The van der Waals surface area contributed by atoms with Crippen molar-refractivity contribution in [1.82, 2.24) is 10.2 Å². The molecule has 2 aromatic rings. The molecule has 0 spiro atoms. The number of hydrogen-bond donors (Lipinski definition) is 2. The van der Waals surface area contributed by atoms with Crippen molar-refractivity contribution in [3.8, 4) is 0 Å². The van der Waals surface area contributed by atoms with Gasteiger partial charge in [-0.2, -0.15) is 0 Å². The van der Waals surface area contributed by atoms with Crippen LogP contribution in [-0.4, -0.2) is 36.1 Å². The molecular weight excluding hydrogens is 295 g/mol. The first-order valence-corrected chi connectivity index (χ1v) is 7.50. The van der Waals surface area contributed by atoms with Gasteiger partial charge in [-0.15, -0.1) is 0 Å². The van der Waals surface area contributed by atoms with E-state index in [4.69, 9.17) is 5.11 Å². The number of carboxylic acid groups (broad SMARTS) is 1. The molecule has 122 valence electrons. The van der Waals surface area contributed by atoms with Crippen molar-refractivity contribution >= 4 is 5.97 Å². The highest BCUT2D eigenvalue weighted by molar-refractivity contribution is 5.87. The van der Waals surface area contributed by atoms with E-state index in [1.807, 2.05) is 19.2 Å². The second kappa shape index (κ2) is 8.41. The van der Waals surface area contributed by atoms with Crippen LogP contribution in [0.25, 0.3) is 0 Å². The van der Waals surface area contributed by atoms with Gasteiger partial charge in [0, 0.05) is 26.2 Å². The number of carbonyl (C=O) groups is 1. The summed E-state index contributed by atoms with van der Waals surface area (Å²) < 4.78 is 12.8. The fourth-order valence-electron chi connectivity index (χ4n) is 2.25.